The van der Waals surface area contributed by atoms with Gasteiger partial charge in [0.05, 0.1) is 19.4 Å². The first kappa shape index (κ1) is 24.4. The molecule has 0 fully saturated rings. The number of hydrogen-bond donors (Lipinski definition) is 0. The minimum atomic E-state index is -0.663. The van der Waals surface area contributed by atoms with E-state index in [0.717, 1.165) is 5.56 Å². The summed E-state index contributed by atoms with van der Waals surface area (Å²) in [5.41, 5.74) is 0.980. The first-order valence-corrected chi connectivity index (χ1v) is 10.3. The summed E-state index contributed by atoms with van der Waals surface area (Å²) in [6, 6.07) is 13.8. The molecule has 0 saturated heterocycles. The second-order valence-electron chi connectivity index (χ2n) is 8.61. The van der Waals surface area contributed by atoms with Crippen molar-refractivity contribution in [2.24, 2.45) is 5.92 Å². The highest BCUT2D eigenvalue weighted by molar-refractivity contribution is 5.80. The Morgan fingerprint density at radius 1 is 1.03 bits per heavy atom. The predicted molar refractivity (Wildman–Crippen MR) is 116 cm³/mol. The van der Waals surface area contributed by atoms with Gasteiger partial charge in [-0.05, 0) is 39.3 Å². The van der Waals surface area contributed by atoms with Gasteiger partial charge in [0.15, 0.2) is 0 Å². The molecule has 168 valence electrons. The number of halogens is 1. The Kier molecular flexibility index (Phi) is 8.20. The van der Waals surface area contributed by atoms with Gasteiger partial charge in [0.2, 0.25) is 0 Å². The summed E-state index contributed by atoms with van der Waals surface area (Å²) in [5.74, 6) is -2.04. The van der Waals surface area contributed by atoms with E-state index in [4.69, 9.17) is 14.2 Å². The van der Waals surface area contributed by atoms with E-state index in [-0.39, 0.29) is 12.3 Å². The fourth-order valence-corrected chi connectivity index (χ4v) is 3.39. The van der Waals surface area contributed by atoms with Gasteiger partial charge in [-0.2, -0.15) is 0 Å². The molecule has 0 spiro atoms. The quantitative estimate of drug-likeness (QED) is 0.534. The third-order valence-corrected chi connectivity index (χ3v) is 4.76. The van der Waals surface area contributed by atoms with Gasteiger partial charge in [0.1, 0.15) is 23.3 Å². The van der Waals surface area contributed by atoms with Crippen molar-refractivity contribution in [2.75, 3.05) is 7.11 Å². The van der Waals surface area contributed by atoms with E-state index >= 15 is 0 Å². The summed E-state index contributed by atoms with van der Waals surface area (Å²) >= 11 is 0. The lowest BCUT2D eigenvalue weighted by atomic mass is 9.86. The molecule has 0 N–H and O–H groups in total. The highest BCUT2D eigenvalue weighted by atomic mass is 19.1. The number of carbonyl (C=O) groups excluding carboxylic acids is 2. The maximum atomic E-state index is 13.7. The topological polar surface area (TPSA) is 61.8 Å². The van der Waals surface area contributed by atoms with Crippen LogP contribution in [0.4, 0.5) is 4.39 Å². The Morgan fingerprint density at radius 2 is 1.68 bits per heavy atom. The zero-order valence-corrected chi connectivity index (χ0v) is 19.0. The molecule has 6 heteroatoms. The molecule has 3 atom stereocenters. The second-order valence-corrected chi connectivity index (χ2v) is 8.61. The van der Waals surface area contributed by atoms with Crippen LogP contribution in [-0.2, 0) is 19.1 Å². The lowest BCUT2D eigenvalue weighted by Gasteiger charge is -2.27. The molecule has 0 aliphatic carbocycles. The van der Waals surface area contributed by atoms with Gasteiger partial charge in [-0.3, -0.25) is 9.59 Å². The molecule has 0 aliphatic heterocycles. The van der Waals surface area contributed by atoms with Crippen LogP contribution in [-0.4, -0.2) is 30.8 Å². The van der Waals surface area contributed by atoms with E-state index in [1.54, 1.807) is 40.7 Å². The number of benzene rings is 2. The van der Waals surface area contributed by atoms with Crippen molar-refractivity contribution < 1.29 is 28.2 Å². The fourth-order valence-electron chi connectivity index (χ4n) is 3.39. The van der Waals surface area contributed by atoms with Crippen LogP contribution in [0.2, 0.25) is 0 Å². The van der Waals surface area contributed by atoms with Gasteiger partial charge < -0.3 is 14.2 Å². The minimum absolute atomic E-state index is 0.0707. The van der Waals surface area contributed by atoms with Crippen molar-refractivity contribution in [1.82, 2.24) is 0 Å². The predicted octanol–water partition coefficient (Wildman–Crippen LogP) is 5.27. The summed E-state index contributed by atoms with van der Waals surface area (Å²) in [4.78, 5) is 24.8. The van der Waals surface area contributed by atoms with Crippen LogP contribution in [0.15, 0.2) is 48.5 Å². The maximum absolute atomic E-state index is 13.7. The van der Waals surface area contributed by atoms with Gasteiger partial charge in [0, 0.05) is 17.5 Å². The van der Waals surface area contributed by atoms with E-state index in [0.29, 0.717) is 11.3 Å². The standard InChI is InChI=1S/C25H31FO5/c1-16(14-22(27)31-25(3,4)5)24(28)30-17(2)23(18-10-8-7-9-11-18)20-13-12-19(26)15-21(20)29-6/h7-13,15-17,23H,14H2,1-6H3/t16-,17+,23+/m1/s1. The molecule has 2 rings (SSSR count). The Labute approximate surface area is 183 Å². The summed E-state index contributed by atoms with van der Waals surface area (Å²) in [7, 11) is 1.47. The van der Waals surface area contributed by atoms with E-state index in [1.807, 2.05) is 30.3 Å². The molecular formula is C25H31FO5. The monoisotopic (exact) mass is 430 g/mol. The molecule has 0 aliphatic rings. The van der Waals surface area contributed by atoms with Crippen molar-refractivity contribution in [3.63, 3.8) is 0 Å². The lowest BCUT2D eigenvalue weighted by Crippen LogP contribution is -2.30. The fraction of sp³-hybridized carbons (Fsp3) is 0.440. The molecule has 0 bridgehead atoms. The molecule has 0 unspecified atom stereocenters. The largest absolute Gasteiger partial charge is 0.496 e. The molecular weight excluding hydrogens is 399 g/mol. The van der Waals surface area contributed by atoms with E-state index in [1.165, 1.54) is 19.2 Å². The van der Waals surface area contributed by atoms with Crippen LogP contribution in [0.5, 0.6) is 5.75 Å². The first-order valence-electron chi connectivity index (χ1n) is 10.3. The molecule has 5 nitrogen and oxygen atoms in total. The molecule has 2 aromatic rings. The smallest absolute Gasteiger partial charge is 0.309 e. The summed E-state index contributed by atoms with van der Waals surface area (Å²) in [6.45, 7) is 8.73. The lowest BCUT2D eigenvalue weighted by molar-refractivity contribution is -0.163. The number of ether oxygens (including phenoxy) is 3. The molecule has 0 heterocycles. The van der Waals surface area contributed by atoms with Crippen LogP contribution in [0, 0.1) is 11.7 Å². The number of methoxy groups -OCH3 is 1. The van der Waals surface area contributed by atoms with Crippen molar-refractivity contribution in [3.8, 4) is 5.75 Å². The van der Waals surface area contributed by atoms with Crippen molar-refractivity contribution in [1.29, 1.82) is 0 Å². The number of hydrogen-bond acceptors (Lipinski definition) is 5. The third kappa shape index (κ3) is 7.09. The molecule has 31 heavy (non-hydrogen) atoms. The third-order valence-electron chi connectivity index (χ3n) is 4.76. The van der Waals surface area contributed by atoms with Gasteiger partial charge in [-0.15, -0.1) is 0 Å². The average molecular weight is 431 g/mol. The molecule has 0 radical (unpaired) electrons. The van der Waals surface area contributed by atoms with Gasteiger partial charge in [0.25, 0.3) is 0 Å². The summed E-state index contributed by atoms with van der Waals surface area (Å²) in [5, 5.41) is 0. The van der Waals surface area contributed by atoms with Gasteiger partial charge >= 0.3 is 11.9 Å². The Balaban J connectivity index is 2.24. The molecule has 0 amide bonds. The Bertz CT molecular complexity index is 889. The van der Waals surface area contributed by atoms with Gasteiger partial charge in [-0.25, -0.2) is 4.39 Å². The molecule has 0 saturated carbocycles. The molecule has 0 aromatic heterocycles. The van der Waals surface area contributed by atoms with Gasteiger partial charge in [-0.1, -0.05) is 43.3 Å². The minimum Gasteiger partial charge on any atom is -0.496 e. The zero-order chi connectivity index (χ0) is 23.2. The van der Waals surface area contributed by atoms with Crippen molar-refractivity contribution in [2.45, 2.75) is 58.7 Å². The number of carbonyl (C=O) groups is 2. The van der Waals surface area contributed by atoms with Crippen molar-refractivity contribution in [3.05, 3.63) is 65.5 Å². The number of rotatable bonds is 8. The highest BCUT2D eigenvalue weighted by Crippen LogP contribution is 2.36. The summed E-state index contributed by atoms with van der Waals surface area (Å²) in [6.07, 6.45) is -0.658. The molecule has 2 aromatic carbocycles. The van der Waals surface area contributed by atoms with Crippen LogP contribution in [0.1, 0.15) is 58.1 Å². The zero-order valence-electron chi connectivity index (χ0n) is 19.0. The van der Waals surface area contributed by atoms with Crippen LogP contribution >= 0.6 is 0 Å². The summed E-state index contributed by atoms with van der Waals surface area (Å²) < 4.78 is 30.2. The Morgan fingerprint density at radius 3 is 2.26 bits per heavy atom. The first-order chi connectivity index (χ1) is 14.5. The normalized spacial score (nSPS) is 14.3. The number of esters is 2. The second kappa shape index (κ2) is 10.4. The Hall–Kier alpha value is -2.89. The van der Waals surface area contributed by atoms with E-state index < -0.39 is 35.4 Å². The van der Waals surface area contributed by atoms with E-state index in [2.05, 4.69) is 0 Å². The van der Waals surface area contributed by atoms with Crippen LogP contribution < -0.4 is 4.74 Å². The average Bonchev–Trinajstić information content (AvgIpc) is 2.68. The van der Waals surface area contributed by atoms with Crippen LogP contribution in [0.25, 0.3) is 0 Å². The highest BCUT2D eigenvalue weighted by Gasteiger charge is 2.30. The van der Waals surface area contributed by atoms with Crippen LogP contribution in [0.3, 0.4) is 0 Å². The maximum Gasteiger partial charge on any atom is 0.309 e. The SMILES string of the molecule is COc1cc(F)ccc1[C@H](c1ccccc1)[C@H](C)OC(=O)[C@H](C)CC(=O)OC(C)(C)C. The van der Waals surface area contributed by atoms with E-state index in [9.17, 15) is 14.0 Å². The van der Waals surface area contributed by atoms with Crippen molar-refractivity contribution >= 4 is 11.9 Å².